The van der Waals surface area contributed by atoms with E-state index in [0.29, 0.717) is 5.52 Å². The molecule has 1 aromatic heterocycles. The van der Waals surface area contributed by atoms with E-state index in [1.54, 1.807) is 5.51 Å². The van der Waals surface area contributed by atoms with Gasteiger partial charge in [0.05, 0.1) is 15.7 Å². The molecule has 0 amide bonds. The van der Waals surface area contributed by atoms with Gasteiger partial charge in [-0.2, -0.15) is 0 Å². The zero-order valence-corrected chi connectivity index (χ0v) is 7.21. The average molecular weight is 195 g/mol. The molecule has 0 saturated heterocycles. The first-order valence-electron chi connectivity index (χ1n) is 3.48. The van der Waals surface area contributed by atoms with Crippen molar-refractivity contribution >= 4 is 27.5 Å². The first-order valence-corrected chi connectivity index (χ1v) is 4.36. The van der Waals surface area contributed by atoms with Crippen molar-refractivity contribution in [3.05, 3.63) is 23.2 Å². The summed E-state index contributed by atoms with van der Waals surface area (Å²) in [5, 5.41) is 18.0. The number of hydrogen-bond donors (Lipinski definition) is 2. The molecule has 66 valence electrons. The lowest BCUT2D eigenvalue weighted by molar-refractivity contribution is 0.0694. The number of carbonyl (C=O) groups is 1. The smallest absolute Gasteiger partial charge is 0.339 e. The molecule has 0 aliphatic heterocycles. The van der Waals surface area contributed by atoms with Crippen molar-refractivity contribution in [1.82, 2.24) is 4.98 Å². The number of carboxylic acids is 1. The van der Waals surface area contributed by atoms with Gasteiger partial charge in [-0.1, -0.05) is 0 Å². The van der Waals surface area contributed by atoms with Crippen molar-refractivity contribution in [2.24, 2.45) is 0 Å². The third-order valence-electron chi connectivity index (χ3n) is 1.68. The Bertz CT molecular complexity index is 477. The second-order valence-electron chi connectivity index (χ2n) is 2.49. The number of nitrogens with zero attached hydrogens (tertiary/aromatic N) is 1. The van der Waals surface area contributed by atoms with Crippen LogP contribution in [-0.2, 0) is 0 Å². The Morgan fingerprint density at radius 3 is 2.92 bits per heavy atom. The summed E-state index contributed by atoms with van der Waals surface area (Å²) >= 11 is 1.36. The van der Waals surface area contributed by atoms with Crippen LogP contribution in [0.3, 0.4) is 0 Å². The topological polar surface area (TPSA) is 70.4 Å². The number of carboxylic acid groups (broad SMARTS) is 1. The van der Waals surface area contributed by atoms with Crippen molar-refractivity contribution in [3.8, 4) is 5.75 Å². The molecule has 5 heteroatoms. The second kappa shape index (κ2) is 2.70. The van der Waals surface area contributed by atoms with Crippen LogP contribution in [0.5, 0.6) is 5.75 Å². The first-order chi connectivity index (χ1) is 6.18. The van der Waals surface area contributed by atoms with E-state index in [1.807, 2.05) is 0 Å². The highest BCUT2D eigenvalue weighted by Gasteiger charge is 2.11. The molecule has 0 atom stereocenters. The van der Waals surface area contributed by atoms with Gasteiger partial charge in [0.1, 0.15) is 11.3 Å². The molecule has 1 aromatic carbocycles. The fourth-order valence-electron chi connectivity index (χ4n) is 1.06. The molecular weight excluding hydrogens is 190 g/mol. The summed E-state index contributed by atoms with van der Waals surface area (Å²) in [6.45, 7) is 0. The van der Waals surface area contributed by atoms with E-state index in [4.69, 9.17) is 5.11 Å². The van der Waals surface area contributed by atoms with Crippen molar-refractivity contribution < 1.29 is 15.0 Å². The Labute approximate surface area is 77.1 Å². The molecule has 0 saturated carbocycles. The van der Waals surface area contributed by atoms with Gasteiger partial charge < -0.3 is 10.2 Å². The maximum absolute atomic E-state index is 10.6. The van der Waals surface area contributed by atoms with E-state index in [9.17, 15) is 9.90 Å². The zero-order chi connectivity index (χ0) is 9.42. The summed E-state index contributed by atoms with van der Waals surface area (Å²) in [5.74, 6) is -1.36. The minimum Gasteiger partial charge on any atom is -0.507 e. The monoisotopic (exact) mass is 195 g/mol. The molecule has 0 unspecified atom stereocenters. The summed E-state index contributed by atoms with van der Waals surface area (Å²) in [5.41, 5.74) is 2.09. The molecule has 2 rings (SSSR count). The van der Waals surface area contributed by atoms with Crippen LogP contribution in [0.25, 0.3) is 10.2 Å². The third kappa shape index (κ3) is 1.23. The van der Waals surface area contributed by atoms with Crippen molar-refractivity contribution in [2.45, 2.75) is 0 Å². The van der Waals surface area contributed by atoms with Gasteiger partial charge >= 0.3 is 5.97 Å². The maximum atomic E-state index is 10.6. The number of hydrogen-bond acceptors (Lipinski definition) is 4. The molecule has 1 heterocycles. The molecule has 0 spiro atoms. The van der Waals surface area contributed by atoms with Crippen molar-refractivity contribution in [3.63, 3.8) is 0 Å². The molecule has 4 nitrogen and oxygen atoms in total. The van der Waals surface area contributed by atoms with Crippen LogP contribution in [0.15, 0.2) is 17.6 Å². The van der Waals surface area contributed by atoms with E-state index < -0.39 is 5.97 Å². The highest BCUT2D eigenvalue weighted by molar-refractivity contribution is 7.16. The van der Waals surface area contributed by atoms with Crippen LogP contribution in [0.2, 0.25) is 0 Å². The van der Waals surface area contributed by atoms with Gasteiger partial charge in [-0.15, -0.1) is 11.3 Å². The average Bonchev–Trinajstić information content (AvgIpc) is 2.48. The first kappa shape index (κ1) is 8.00. The molecule has 0 fully saturated rings. The van der Waals surface area contributed by atoms with E-state index in [2.05, 4.69) is 4.98 Å². The molecule has 0 radical (unpaired) electrons. The van der Waals surface area contributed by atoms with E-state index >= 15 is 0 Å². The fourth-order valence-corrected chi connectivity index (χ4v) is 1.76. The van der Waals surface area contributed by atoms with Gasteiger partial charge in [0.15, 0.2) is 0 Å². The predicted octanol–water partition coefficient (Wildman–Crippen LogP) is 1.70. The van der Waals surface area contributed by atoms with Gasteiger partial charge in [0.2, 0.25) is 0 Å². The van der Waals surface area contributed by atoms with Crippen LogP contribution >= 0.6 is 11.3 Å². The molecule has 2 aromatic rings. The van der Waals surface area contributed by atoms with Gasteiger partial charge in [0, 0.05) is 6.07 Å². The van der Waals surface area contributed by atoms with Crippen LogP contribution in [0, 0.1) is 0 Å². The molecule has 13 heavy (non-hydrogen) atoms. The summed E-state index contributed by atoms with van der Waals surface area (Å²) in [7, 11) is 0. The standard InChI is InChI=1S/C8H5NO3S/c10-6-2-7-5(9-3-13-7)1-4(6)8(11)12/h1-3,10H,(H,11,12). The number of thiazole rings is 1. The Hall–Kier alpha value is -1.62. The fraction of sp³-hybridized carbons (Fsp3) is 0. The number of aromatic nitrogens is 1. The van der Waals surface area contributed by atoms with Crippen LogP contribution in [0.4, 0.5) is 0 Å². The predicted molar refractivity (Wildman–Crippen MR) is 48.2 cm³/mol. The largest absolute Gasteiger partial charge is 0.507 e. The van der Waals surface area contributed by atoms with Gasteiger partial charge in [-0.3, -0.25) is 0 Å². The second-order valence-corrected chi connectivity index (χ2v) is 3.38. The molecule has 0 aliphatic carbocycles. The number of phenols is 1. The highest BCUT2D eigenvalue weighted by atomic mass is 32.1. The van der Waals surface area contributed by atoms with Crippen molar-refractivity contribution in [2.75, 3.05) is 0 Å². The molecular formula is C8H5NO3S. The van der Waals surface area contributed by atoms with Crippen LogP contribution in [-0.4, -0.2) is 21.2 Å². The zero-order valence-electron chi connectivity index (χ0n) is 6.39. The summed E-state index contributed by atoms with van der Waals surface area (Å²) in [4.78, 5) is 14.5. The quantitative estimate of drug-likeness (QED) is 0.726. The lowest BCUT2D eigenvalue weighted by Crippen LogP contribution is -1.96. The Kier molecular flexibility index (Phi) is 1.66. The third-order valence-corrected chi connectivity index (χ3v) is 2.47. The minimum atomic E-state index is -1.15. The lowest BCUT2D eigenvalue weighted by atomic mass is 10.2. The van der Waals surface area contributed by atoms with Crippen LogP contribution < -0.4 is 0 Å². The number of aromatic carboxylic acids is 1. The van der Waals surface area contributed by atoms with Crippen molar-refractivity contribution in [1.29, 1.82) is 0 Å². The summed E-state index contributed by atoms with van der Waals surface area (Å²) in [6, 6.07) is 2.78. The number of aromatic hydroxyl groups is 1. The lowest BCUT2D eigenvalue weighted by Gasteiger charge is -1.97. The van der Waals surface area contributed by atoms with Gasteiger partial charge in [-0.25, -0.2) is 9.78 Å². The number of rotatable bonds is 1. The molecule has 0 bridgehead atoms. The van der Waals surface area contributed by atoms with Gasteiger partial charge in [0.25, 0.3) is 0 Å². The van der Waals surface area contributed by atoms with E-state index in [0.717, 1.165) is 4.70 Å². The van der Waals surface area contributed by atoms with Gasteiger partial charge in [-0.05, 0) is 6.07 Å². The molecule has 2 N–H and O–H groups in total. The Balaban J connectivity index is 2.76. The minimum absolute atomic E-state index is 0.113. The SMILES string of the molecule is O=C(O)c1cc2ncsc2cc1O. The van der Waals surface area contributed by atoms with E-state index in [1.165, 1.54) is 23.5 Å². The Morgan fingerprint density at radius 1 is 1.46 bits per heavy atom. The Morgan fingerprint density at radius 2 is 2.23 bits per heavy atom. The van der Waals surface area contributed by atoms with Crippen LogP contribution in [0.1, 0.15) is 10.4 Å². The molecule has 0 aliphatic rings. The number of benzene rings is 1. The summed E-state index contributed by atoms with van der Waals surface area (Å²) in [6.07, 6.45) is 0. The normalized spacial score (nSPS) is 10.5. The maximum Gasteiger partial charge on any atom is 0.339 e. The van der Waals surface area contributed by atoms with E-state index in [-0.39, 0.29) is 11.3 Å². The summed E-state index contributed by atoms with van der Waals surface area (Å²) < 4.78 is 0.780. The number of fused-ring (bicyclic) bond motifs is 1. The highest BCUT2D eigenvalue weighted by Crippen LogP contribution is 2.26.